The smallest absolute Gasteiger partial charge is 0.136 e. The summed E-state index contributed by atoms with van der Waals surface area (Å²) in [6.07, 6.45) is 0. The van der Waals surface area contributed by atoms with Crippen LogP contribution in [-0.4, -0.2) is 0 Å². The Labute approximate surface area is 320 Å². The summed E-state index contributed by atoms with van der Waals surface area (Å²) < 4.78 is 6.58. The molecule has 0 saturated heterocycles. The van der Waals surface area contributed by atoms with Crippen molar-refractivity contribution in [2.75, 3.05) is 4.90 Å². The van der Waals surface area contributed by atoms with Gasteiger partial charge in [-0.2, -0.15) is 0 Å². The summed E-state index contributed by atoms with van der Waals surface area (Å²) in [6.45, 7) is 4.71. The maximum Gasteiger partial charge on any atom is 0.136 e. The van der Waals surface area contributed by atoms with Crippen molar-refractivity contribution in [2.24, 2.45) is 0 Å². The van der Waals surface area contributed by atoms with E-state index in [2.05, 4.69) is 207 Å². The fraction of sp³-hybridized carbons (Fsp3) is 0.0566. The topological polar surface area (TPSA) is 16.4 Å². The van der Waals surface area contributed by atoms with Crippen molar-refractivity contribution in [3.05, 3.63) is 199 Å². The van der Waals surface area contributed by atoms with E-state index in [1.807, 2.05) is 0 Å². The van der Waals surface area contributed by atoms with Crippen molar-refractivity contribution >= 4 is 60.5 Å². The minimum atomic E-state index is -0.137. The summed E-state index contributed by atoms with van der Waals surface area (Å²) in [5.74, 6) is 0. The lowest BCUT2D eigenvalue weighted by Crippen LogP contribution is -2.17. The second-order valence-electron chi connectivity index (χ2n) is 15.3. The fourth-order valence-corrected chi connectivity index (χ4v) is 9.18. The van der Waals surface area contributed by atoms with Crippen LogP contribution in [0.4, 0.5) is 17.1 Å². The van der Waals surface area contributed by atoms with E-state index in [1.165, 1.54) is 54.9 Å². The van der Waals surface area contributed by atoms with Crippen LogP contribution < -0.4 is 4.90 Å². The van der Waals surface area contributed by atoms with Crippen molar-refractivity contribution < 1.29 is 4.42 Å². The van der Waals surface area contributed by atoms with Gasteiger partial charge in [0.1, 0.15) is 11.2 Å². The number of furan rings is 1. The Hall–Kier alpha value is -6.90. The molecule has 1 aliphatic rings. The van der Waals surface area contributed by atoms with Crippen LogP contribution in [0.1, 0.15) is 25.0 Å². The van der Waals surface area contributed by atoms with Crippen LogP contribution >= 0.6 is 0 Å². The molecule has 0 bridgehead atoms. The molecule has 0 radical (unpaired) electrons. The number of anilines is 3. The van der Waals surface area contributed by atoms with Crippen molar-refractivity contribution in [1.82, 2.24) is 0 Å². The molecule has 260 valence electrons. The monoisotopic (exact) mass is 703 g/mol. The van der Waals surface area contributed by atoms with Crippen LogP contribution in [-0.2, 0) is 5.41 Å². The number of para-hydroxylation sites is 1. The third kappa shape index (κ3) is 4.88. The SMILES string of the molecule is CC1(C)c2ccccc2-c2ccc(N(c3cccc(-c4cccc5ccccc45)c3)c3ccccc3-c3cccc4oc5cc6ccccc6cc5c34)cc21. The zero-order valence-corrected chi connectivity index (χ0v) is 30.8. The van der Waals surface area contributed by atoms with Crippen molar-refractivity contribution in [3.8, 4) is 33.4 Å². The standard InChI is InChI=1S/C53H37NO/c1-53(2)47-25-9-7-21-42(47)43-29-28-39(33-48(43)53)54(38-19-11-18-37(30-38)41-23-12-17-34-14-5-6-20-40(34)41)49-26-10-8-22-44(49)45-24-13-27-50-52(45)46-31-35-15-3-4-16-36(35)32-51(46)55-50/h3-33H,1-2H3. The van der Waals surface area contributed by atoms with E-state index >= 15 is 0 Å². The highest BCUT2D eigenvalue weighted by molar-refractivity contribution is 6.16. The van der Waals surface area contributed by atoms with E-state index in [0.717, 1.165) is 50.1 Å². The Bertz CT molecular complexity index is 3140. The highest BCUT2D eigenvalue weighted by Gasteiger charge is 2.36. The third-order valence-electron chi connectivity index (χ3n) is 11.8. The molecule has 9 aromatic carbocycles. The Morgan fingerprint density at radius 3 is 1.93 bits per heavy atom. The minimum absolute atomic E-state index is 0.137. The van der Waals surface area contributed by atoms with Crippen LogP contribution in [0, 0.1) is 0 Å². The summed E-state index contributed by atoms with van der Waals surface area (Å²) in [5, 5.41) is 7.12. The highest BCUT2D eigenvalue weighted by Crippen LogP contribution is 2.52. The number of hydrogen-bond donors (Lipinski definition) is 0. The van der Waals surface area contributed by atoms with E-state index < -0.39 is 0 Å². The molecule has 0 aliphatic heterocycles. The summed E-state index contributed by atoms with van der Waals surface area (Å²) in [6, 6.07) is 68.5. The van der Waals surface area contributed by atoms with Gasteiger partial charge in [0.15, 0.2) is 0 Å². The molecule has 0 saturated carbocycles. The normalized spacial score (nSPS) is 13.1. The molecule has 2 nitrogen and oxygen atoms in total. The van der Waals surface area contributed by atoms with Gasteiger partial charge in [0.2, 0.25) is 0 Å². The Balaban J connectivity index is 1.16. The zero-order chi connectivity index (χ0) is 36.7. The number of nitrogens with zero attached hydrogens (tertiary/aromatic N) is 1. The van der Waals surface area contributed by atoms with Gasteiger partial charge in [-0.25, -0.2) is 0 Å². The molecule has 1 aliphatic carbocycles. The van der Waals surface area contributed by atoms with E-state index in [1.54, 1.807) is 0 Å². The molecule has 1 heterocycles. The van der Waals surface area contributed by atoms with Gasteiger partial charge in [-0.1, -0.05) is 153 Å². The van der Waals surface area contributed by atoms with Gasteiger partial charge in [-0.3, -0.25) is 0 Å². The molecule has 11 rings (SSSR count). The predicted molar refractivity (Wildman–Crippen MR) is 232 cm³/mol. The molecule has 0 atom stereocenters. The molecule has 55 heavy (non-hydrogen) atoms. The second-order valence-corrected chi connectivity index (χ2v) is 15.3. The van der Waals surface area contributed by atoms with Crippen LogP contribution in [0.5, 0.6) is 0 Å². The highest BCUT2D eigenvalue weighted by atomic mass is 16.3. The number of hydrogen-bond acceptors (Lipinski definition) is 2. The lowest BCUT2D eigenvalue weighted by Gasteiger charge is -2.30. The van der Waals surface area contributed by atoms with E-state index in [0.29, 0.717) is 0 Å². The maximum absolute atomic E-state index is 6.58. The third-order valence-corrected chi connectivity index (χ3v) is 11.8. The molecular formula is C53H37NO. The van der Waals surface area contributed by atoms with Gasteiger partial charge < -0.3 is 9.32 Å². The van der Waals surface area contributed by atoms with Gasteiger partial charge in [-0.05, 0) is 109 Å². The molecule has 2 heteroatoms. The molecular weight excluding hydrogens is 667 g/mol. The quantitative estimate of drug-likeness (QED) is 0.177. The molecule has 0 fully saturated rings. The first-order chi connectivity index (χ1) is 27.0. The first kappa shape index (κ1) is 31.6. The van der Waals surface area contributed by atoms with Gasteiger partial charge in [0, 0.05) is 33.1 Å². The fourth-order valence-electron chi connectivity index (χ4n) is 9.18. The Morgan fingerprint density at radius 1 is 0.400 bits per heavy atom. The molecule has 1 aromatic heterocycles. The zero-order valence-electron chi connectivity index (χ0n) is 30.8. The summed E-state index contributed by atoms with van der Waals surface area (Å²) in [5.41, 5.74) is 15.0. The van der Waals surface area contributed by atoms with Crippen LogP contribution in [0.15, 0.2) is 192 Å². The number of fused-ring (bicyclic) bond motifs is 8. The van der Waals surface area contributed by atoms with Gasteiger partial charge >= 0.3 is 0 Å². The van der Waals surface area contributed by atoms with Crippen molar-refractivity contribution in [2.45, 2.75) is 19.3 Å². The molecule has 10 aromatic rings. The average molecular weight is 704 g/mol. The van der Waals surface area contributed by atoms with Gasteiger partial charge in [0.05, 0.1) is 5.69 Å². The molecule has 0 N–H and O–H groups in total. The number of rotatable bonds is 5. The average Bonchev–Trinajstić information content (AvgIpc) is 3.71. The Morgan fingerprint density at radius 2 is 1.04 bits per heavy atom. The first-order valence-electron chi connectivity index (χ1n) is 19.1. The Kier molecular flexibility index (Phi) is 6.93. The molecule has 0 spiro atoms. The van der Waals surface area contributed by atoms with Crippen LogP contribution in [0.2, 0.25) is 0 Å². The van der Waals surface area contributed by atoms with E-state index in [-0.39, 0.29) is 5.41 Å². The summed E-state index contributed by atoms with van der Waals surface area (Å²) in [7, 11) is 0. The van der Waals surface area contributed by atoms with Crippen molar-refractivity contribution in [1.29, 1.82) is 0 Å². The largest absolute Gasteiger partial charge is 0.456 e. The predicted octanol–water partition coefficient (Wildman–Crippen LogP) is 15.0. The molecule has 0 unspecified atom stereocenters. The number of benzene rings is 9. The summed E-state index contributed by atoms with van der Waals surface area (Å²) in [4.78, 5) is 2.46. The van der Waals surface area contributed by atoms with Crippen LogP contribution in [0.25, 0.3) is 76.9 Å². The maximum atomic E-state index is 6.58. The van der Waals surface area contributed by atoms with E-state index in [9.17, 15) is 0 Å². The minimum Gasteiger partial charge on any atom is -0.456 e. The summed E-state index contributed by atoms with van der Waals surface area (Å²) >= 11 is 0. The van der Waals surface area contributed by atoms with E-state index in [4.69, 9.17) is 4.42 Å². The van der Waals surface area contributed by atoms with Crippen LogP contribution in [0.3, 0.4) is 0 Å². The second kappa shape index (κ2) is 12.1. The molecule has 0 amide bonds. The lowest BCUT2D eigenvalue weighted by atomic mass is 9.82. The van der Waals surface area contributed by atoms with Gasteiger partial charge in [0.25, 0.3) is 0 Å². The first-order valence-corrected chi connectivity index (χ1v) is 19.1. The lowest BCUT2D eigenvalue weighted by molar-refractivity contribution is 0.660. The van der Waals surface area contributed by atoms with Gasteiger partial charge in [-0.15, -0.1) is 0 Å². The van der Waals surface area contributed by atoms with Crippen molar-refractivity contribution in [3.63, 3.8) is 0 Å².